The first-order valence-corrected chi connectivity index (χ1v) is 11.2. The van der Waals surface area contributed by atoms with E-state index >= 15 is 0 Å². The molecule has 1 amide bonds. The molecule has 0 radical (unpaired) electrons. The Kier molecular flexibility index (Phi) is 5.61. The molecule has 148 valence electrons. The molecule has 0 aliphatic carbocycles. The van der Waals surface area contributed by atoms with Gasteiger partial charge in [0.2, 0.25) is 15.9 Å². The minimum atomic E-state index is -3.27. The van der Waals surface area contributed by atoms with Gasteiger partial charge in [-0.05, 0) is 54.2 Å². The van der Waals surface area contributed by atoms with Crippen LogP contribution in [0.25, 0.3) is 5.57 Å². The monoisotopic (exact) mass is 398 g/mol. The number of carbonyl (C=O) groups excluding carboxylic acids is 1. The van der Waals surface area contributed by atoms with Gasteiger partial charge in [0.25, 0.3) is 0 Å². The Balaban J connectivity index is 1.81. The van der Waals surface area contributed by atoms with Crippen LogP contribution in [0.1, 0.15) is 30.5 Å². The van der Waals surface area contributed by atoms with E-state index < -0.39 is 10.0 Å². The molecule has 6 heteroatoms. The summed E-state index contributed by atoms with van der Waals surface area (Å²) in [4.78, 5) is 12.6. The van der Waals surface area contributed by atoms with Crippen molar-refractivity contribution in [2.75, 3.05) is 22.4 Å². The summed E-state index contributed by atoms with van der Waals surface area (Å²) < 4.78 is 25.1. The van der Waals surface area contributed by atoms with Crippen molar-refractivity contribution in [3.8, 4) is 0 Å². The van der Waals surface area contributed by atoms with E-state index in [9.17, 15) is 13.2 Å². The zero-order valence-electron chi connectivity index (χ0n) is 16.7. The molecule has 0 unspecified atom stereocenters. The van der Waals surface area contributed by atoms with Gasteiger partial charge in [-0.25, -0.2) is 8.42 Å². The highest BCUT2D eigenvalue weighted by atomic mass is 32.2. The molecular weight excluding hydrogens is 372 g/mol. The van der Waals surface area contributed by atoms with E-state index in [0.717, 1.165) is 16.7 Å². The highest BCUT2D eigenvalue weighted by Crippen LogP contribution is 2.32. The molecule has 2 aromatic rings. The minimum Gasteiger partial charge on any atom is -0.322 e. The van der Waals surface area contributed by atoms with Gasteiger partial charge in [0.1, 0.15) is 0 Å². The van der Waals surface area contributed by atoms with Crippen LogP contribution < -0.4 is 9.62 Å². The summed E-state index contributed by atoms with van der Waals surface area (Å²) in [5.41, 5.74) is 5.48. The molecule has 0 fully saturated rings. The third-order valence-corrected chi connectivity index (χ3v) is 6.07. The maximum Gasteiger partial charge on any atom is 0.248 e. The first kappa shape index (κ1) is 20.1. The largest absolute Gasteiger partial charge is 0.322 e. The fourth-order valence-electron chi connectivity index (χ4n) is 3.44. The Labute approximate surface area is 167 Å². The van der Waals surface area contributed by atoms with Crippen LogP contribution in [0, 0.1) is 12.8 Å². The smallest absolute Gasteiger partial charge is 0.248 e. The van der Waals surface area contributed by atoms with E-state index in [2.05, 4.69) is 19.2 Å². The van der Waals surface area contributed by atoms with Gasteiger partial charge in [0.15, 0.2) is 0 Å². The number of fused-ring (bicyclic) bond motifs is 1. The Morgan fingerprint density at radius 3 is 2.43 bits per heavy atom. The summed E-state index contributed by atoms with van der Waals surface area (Å²) in [5.74, 6) is 0.0130. The van der Waals surface area contributed by atoms with Crippen molar-refractivity contribution in [1.82, 2.24) is 0 Å². The van der Waals surface area contributed by atoms with E-state index in [1.165, 1.54) is 16.1 Å². The quantitative estimate of drug-likeness (QED) is 0.775. The fourth-order valence-corrected chi connectivity index (χ4v) is 4.40. The molecule has 0 saturated carbocycles. The predicted molar refractivity (Wildman–Crippen MR) is 115 cm³/mol. The van der Waals surface area contributed by atoms with E-state index in [4.69, 9.17) is 0 Å². The second-order valence-electron chi connectivity index (χ2n) is 7.54. The molecule has 2 aromatic carbocycles. The Bertz CT molecular complexity index is 1020. The lowest BCUT2D eigenvalue weighted by atomic mass is 9.94. The van der Waals surface area contributed by atoms with Crippen molar-refractivity contribution in [1.29, 1.82) is 0 Å². The number of nitrogens with zero attached hydrogens (tertiary/aromatic N) is 1. The number of allylic oxidation sites excluding steroid dienone is 1. The van der Waals surface area contributed by atoms with Gasteiger partial charge in [0, 0.05) is 18.3 Å². The Morgan fingerprint density at radius 2 is 1.82 bits per heavy atom. The van der Waals surface area contributed by atoms with Crippen LogP contribution in [0.3, 0.4) is 0 Å². The average molecular weight is 399 g/mol. The van der Waals surface area contributed by atoms with Gasteiger partial charge in [-0.2, -0.15) is 0 Å². The lowest BCUT2D eigenvalue weighted by Crippen LogP contribution is -2.27. The standard InChI is InChI=1S/C22H26N2O3S/c1-15(2)20(17-7-5-16(3)6-8-17)14-22(25)23-19-9-10-21-18(13-19)11-12-24(21)28(4,26)27/h5-10,13-15H,11-12H2,1-4H3,(H,23,25)/b20-14+. The second kappa shape index (κ2) is 7.80. The third-order valence-electron chi connectivity index (χ3n) is 4.89. The summed E-state index contributed by atoms with van der Waals surface area (Å²) in [5, 5.41) is 2.91. The molecule has 1 aliphatic rings. The molecule has 0 spiro atoms. The lowest BCUT2D eigenvalue weighted by molar-refractivity contribution is -0.111. The molecule has 5 nitrogen and oxygen atoms in total. The summed E-state index contributed by atoms with van der Waals surface area (Å²) in [7, 11) is -3.27. The molecule has 0 atom stereocenters. The van der Waals surface area contributed by atoms with Crippen molar-refractivity contribution >= 4 is 32.9 Å². The van der Waals surface area contributed by atoms with Gasteiger partial charge < -0.3 is 5.32 Å². The van der Waals surface area contributed by atoms with Gasteiger partial charge in [0.05, 0.1) is 11.9 Å². The lowest BCUT2D eigenvalue weighted by Gasteiger charge is -2.16. The number of amides is 1. The number of rotatable bonds is 5. The van der Waals surface area contributed by atoms with Crippen molar-refractivity contribution in [3.63, 3.8) is 0 Å². The van der Waals surface area contributed by atoms with E-state index in [-0.39, 0.29) is 11.8 Å². The normalized spacial score (nSPS) is 14.3. The fraction of sp³-hybridized carbons (Fsp3) is 0.318. The molecule has 0 bridgehead atoms. The number of anilines is 2. The van der Waals surface area contributed by atoms with Crippen LogP contribution in [0.4, 0.5) is 11.4 Å². The number of aryl methyl sites for hydroxylation is 1. The maximum absolute atomic E-state index is 12.6. The van der Waals surface area contributed by atoms with Gasteiger partial charge in [-0.15, -0.1) is 0 Å². The molecule has 1 N–H and O–H groups in total. The minimum absolute atomic E-state index is 0.192. The highest BCUT2D eigenvalue weighted by Gasteiger charge is 2.26. The number of nitrogens with one attached hydrogen (secondary N) is 1. The third kappa shape index (κ3) is 4.44. The summed E-state index contributed by atoms with van der Waals surface area (Å²) in [6, 6.07) is 13.5. The topological polar surface area (TPSA) is 66.5 Å². The van der Waals surface area contributed by atoms with E-state index in [1.807, 2.05) is 37.3 Å². The summed E-state index contributed by atoms with van der Waals surface area (Å²) in [6.45, 7) is 6.60. The Hall–Kier alpha value is -2.60. The van der Waals surface area contributed by atoms with E-state index in [0.29, 0.717) is 24.3 Å². The highest BCUT2D eigenvalue weighted by molar-refractivity contribution is 7.92. The van der Waals surface area contributed by atoms with Crippen molar-refractivity contribution < 1.29 is 13.2 Å². The molecule has 0 saturated heterocycles. The van der Waals surface area contributed by atoms with Gasteiger partial charge in [-0.3, -0.25) is 9.10 Å². The summed E-state index contributed by atoms with van der Waals surface area (Å²) in [6.07, 6.45) is 3.50. The van der Waals surface area contributed by atoms with Gasteiger partial charge >= 0.3 is 0 Å². The zero-order chi connectivity index (χ0) is 20.5. The van der Waals surface area contributed by atoms with Crippen LogP contribution in [-0.2, 0) is 21.2 Å². The number of hydrogen-bond donors (Lipinski definition) is 1. The molecule has 0 aromatic heterocycles. The molecule has 28 heavy (non-hydrogen) atoms. The maximum atomic E-state index is 12.6. The molecular formula is C22H26N2O3S. The van der Waals surface area contributed by atoms with Crippen LogP contribution in [0.2, 0.25) is 0 Å². The zero-order valence-corrected chi connectivity index (χ0v) is 17.5. The van der Waals surface area contributed by atoms with Crippen LogP contribution in [-0.4, -0.2) is 27.1 Å². The molecule has 1 aliphatic heterocycles. The Morgan fingerprint density at radius 1 is 1.14 bits per heavy atom. The van der Waals surface area contributed by atoms with Gasteiger partial charge in [-0.1, -0.05) is 43.7 Å². The first-order valence-electron chi connectivity index (χ1n) is 9.35. The number of hydrogen-bond acceptors (Lipinski definition) is 3. The van der Waals surface area contributed by atoms with Crippen LogP contribution >= 0.6 is 0 Å². The number of benzene rings is 2. The van der Waals surface area contributed by atoms with Crippen LogP contribution in [0.5, 0.6) is 0 Å². The average Bonchev–Trinajstić information content (AvgIpc) is 3.04. The first-order chi connectivity index (χ1) is 13.1. The van der Waals surface area contributed by atoms with Crippen molar-refractivity contribution in [2.24, 2.45) is 5.92 Å². The van der Waals surface area contributed by atoms with Crippen molar-refractivity contribution in [2.45, 2.75) is 27.2 Å². The molecule has 3 rings (SSSR count). The van der Waals surface area contributed by atoms with Crippen molar-refractivity contribution in [3.05, 3.63) is 65.2 Å². The SMILES string of the molecule is Cc1ccc(/C(=C/C(=O)Nc2ccc3c(c2)CCN3S(C)(=O)=O)C(C)C)cc1. The predicted octanol–water partition coefficient (Wildman–Crippen LogP) is 4.00. The number of carbonyl (C=O) groups is 1. The van der Waals surface area contributed by atoms with E-state index in [1.54, 1.807) is 18.2 Å². The molecule has 1 heterocycles. The van der Waals surface area contributed by atoms with Crippen LogP contribution in [0.15, 0.2) is 48.5 Å². The second-order valence-corrected chi connectivity index (χ2v) is 9.45. The number of sulfonamides is 1. The summed E-state index contributed by atoms with van der Waals surface area (Å²) >= 11 is 0.